The monoisotopic (exact) mass is 367 g/mol. The van der Waals surface area contributed by atoms with Crippen LogP contribution in [0.1, 0.15) is 17.5 Å². The molecule has 1 heterocycles. The van der Waals surface area contributed by atoms with Gasteiger partial charge in [0, 0.05) is 6.20 Å². The molecule has 1 aromatic heterocycles. The molecule has 0 saturated carbocycles. The van der Waals surface area contributed by atoms with Crippen LogP contribution in [-0.4, -0.2) is 4.98 Å². The molecule has 0 amide bonds. The summed E-state index contributed by atoms with van der Waals surface area (Å²) in [6, 6.07) is 31.6. The van der Waals surface area contributed by atoms with Gasteiger partial charge in [-0.05, 0) is 53.9 Å². The largest absolute Gasteiger partial charge is 0.449 e. The molecule has 4 aromatic rings. The van der Waals surface area contributed by atoms with Gasteiger partial charge in [-0.1, -0.05) is 66.7 Å². The summed E-state index contributed by atoms with van der Waals surface area (Å²) < 4.78 is 12.3. The zero-order valence-electron chi connectivity index (χ0n) is 15.7. The average molecular weight is 367 g/mol. The van der Waals surface area contributed by atoms with Crippen molar-refractivity contribution in [1.82, 2.24) is 4.98 Å². The van der Waals surface area contributed by atoms with Crippen LogP contribution < -0.4 is 9.47 Å². The van der Waals surface area contributed by atoms with Gasteiger partial charge in [0.1, 0.15) is 17.2 Å². The number of rotatable bonds is 6. The van der Waals surface area contributed by atoms with Crippen LogP contribution in [-0.2, 0) is 0 Å². The third-order valence-electron chi connectivity index (χ3n) is 4.42. The molecule has 3 aromatic carbocycles. The molecule has 0 unspecified atom stereocenters. The zero-order chi connectivity index (χ0) is 19.2. The lowest BCUT2D eigenvalue weighted by atomic mass is 10.0. The van der Waals surface area contributed by atoms with Gasteiger partial charge in [-0.15, -0.1) is 0 Å². The van der Waals surface area contributed by atoms with E-state index < -0.39 is 6.29 Å². The van der Waals surface area contributed by atoms with Crippen LogP contribution in [0.4, 0.5) is 0 Å². The van der Waals surface area contributed by atoms with Crippen molar-refractivity contribution in [2.24, 2.45) is 0 Å². The zero-order valence-corrected chi connectivity index (χ0v) is 15.7. The second-order valence-corrected chi connectivity index (χ2v) is 6.48. The predicted molar refractivity (Wildman–Crippen MR) is 111 cm³/mol. The minimum absolute atomic E-state index is 0.659. The quantitative estimate of drug-likeness (QED) is 0.379. The second-order valence-electron chi connectivity index (χ2n) is 6.48. The Morgan fingerprint density at radius 2 is 1.18 bits per heavy atom. The van der Waals surface area contributed by atoms with Crippen molar-refractivity contribution in [2.45, 2.75) is 13.2 Å². The van der Waals surface area contributed by atoms with Crippen LogP contribution in [0.5, 0.6) is 11.5 Å². The molecule has 28 heavy (non-hydrogen) atoms. The minimum Gasteiger partial charge on any atom is -0.449 e. The van der Waals surface area contributed by atoms with Gasteiger partial charge in [0.2, 0.25) is 0 Å². The minimum atomic E-state index is -0.659. The number of ether oxygens (including phenoxy) is 2. The van der Waals surface area contributed by atoms with E-state index in [-0.39, 0.29) is 0 Å². The third-order valence-corrected chi connectivity index (χ3v) is 4.42. The van der Waals surface area contributed by atoms with Crippen molar-refractivity contribution in [2.75, 3.05) is 0 Å². The Bertz CT molecular complexity index is 977. The molecule has 0 fully saturated rings. The highest BCUT2D eigenvalue weighted by Gasteiger charge is 2.19. The number of para-hydroxylation sites is 2. The summed E-state index contributed by atoms with van der Waals surface area (Å²) >= 11 is 0. The molecular formula is C25H21NO2. The van der Waals surface area contributed by atoms with E-state index in [1.807, 2.05) is 91.1 Å². The van der Waals surface area contributed by atoms with Crippen molar-refractivity contribution in [3.63, 3.8) is 0 Å². The van der Waals surface area contributed by atoms with Crippen LogP contribution in [0.15, 0.2) is 103 Å². The van der Waals surface area contributed by atoms with Crippen LogP contribution in [0.2, 0.25) is 0 Å². The van der Waals surface area contributed by atoms with Crippen molar-refractivity contribution in [3.8, 4) is 22.6 Å². The highest BCUT2D eigenvalue weighted by atomic mass is 16.7. The van der Waals surface area contributed by atoms with Gasteiger partial charge in [-0.25, -0.2) is 0 Å². The van der Waals surface area contributed by atoms with Crippen LogP contribution in [0, 0.1) is 6.92 Å². The molecule has 138 valence electrons. The molecule has 4 rings (SSSR count). The Kier molecular flexibility index (Phi) is 5.34. The van der Waals surface area contributed by atoms with E-state index in [2.05, 4.69) is 24.0 Å². The van der Waals surface area contributed by atoms with E-state index in [1.54, 1.807) is 0 Å². The van der Waals surface area contributed by atoms with Crippen molar-refractivity contribution < 1.29 is 9.47 Å². The smallest absolute Gasteiger partial charge is 0.284 e. The van der Waals surface area contributed by atoms with Crippen LogP contribution in [0.25, 0.3) is 11.1 Å². The lowest BCUT2D eigenvalue weighted by Gasteiger charge is -2.21. The lowest BCUT2D eigenvalue weighted by molar-refractivity contribution is 0.000362. The maximum absolute atomic E-state index is 6.15. The van der Waals surface area contributed by atoms with E-state index >= 15 is 0 Å². The first-order chi connectivity index (χ1) is 13.8. The predicted octanol–water partition coefficient (Wildman–Crippen LogP) is 6.21. The molecule has 0 atom stereocenters. The first-order valence-corrected chi connectivity index (χ1v) is 9.25. The Balaban J connectivity index is 1.71. The molecule has 3 nitrogen and oxygen atoms in total. The van der Waals surface area contributed by atoms with E-state index in [9.17, 15) is 0 Å². The number of nitrogens with zero attached hydrogens (tertiary/aromatic N) is 1. The molecule has 0 N–H and O–H groups in total. The van der Waals surface area contributed by atoms with Crippen molar-refractivity contribution in [1.29, 1.82) is 0 Å². The fraction of sp³-hybridized carbons (Fsp3) is 0.0800. The third kappa shape index (κ3) is 4.21. The van der Waals surface area contributed by atoms with Crippen molar-refractivity contribution >= 4 is 0 Å². The fourth-order valence-electron chi connectivity index (χ4n) is 2.99. The number of benzene rings is 3. The topological polar surface area (TPSA) is 31.4 Å². The molecule has 0 bridgehead atoms. The highest BCUT2D eigenvalue weighted by Crippen LogP contribution is 2.29. The molecular weight excluding hydrogens is 346 g/mol. The van der Waals surface area contributed by atoms with Gasteiger partial charge in [0.05, 0.1) is 0 Å². The van der Waals surface area contributed by atoms with Gasteiger partial charge in [-0.2, -0.15) is 0 Å². The first-order valence-electron chi connectivity index (χ1n) is 9.25. The Morgan fingerprint density at radius 3 is 1.71 bits per heavy atom. The van der Waals surface area contributed by atoms with Gasteiger partial charge >= 0.3 is 0 Å². The normalized spacial score (nSPS) is 10.6. The van der Waals surface area contributed by atoms with Gasteiger partial charge in [0.15, 0.2) is 0 Å². The Hall–Kier alpha value is -3.59. The van der Waals surface area contributed by atoms with E-state index in [0.29, 0.717) is 0 Å². The summed E-state index contributed by atoms with van der Waals surface area (Å²) in [6.07, 6.45) is 1.21. The number of pyridine rings is 1. The Labute approximate surface area is 165 Å². The van der Waals surface area contributed by atoms with E-state index in [0.717, 1.165) is 33.9 Å². The maximum Gasteiger partial charge on any atom is 0.284 e. The number of aryl methyl sites for hydroxylation is 1. The summed E-state index contributed by atoms with van der Waals surface area (Å²) in [7, 11) is 0. The summed E-state index contributed by atoms with van der Waals surface area (Å²) in [5, 5.41) is 0. The number of hydrogen-bond acceptors (Lipinski definition) is 3. The lowest BCUT2D eigenvalue weighted by Crippen LogP contribution is -2.16. The van der Waals surface area contributed by atoms with Crippen molar-refractivity contribution in [3.05, 3.63) is 115 Å². The molecule has 0 aliphatic heterocycles. The van der Waals surface area contributed by atoms with Crippen LogP contribution in [0.3, 0.4) is 0 Å². The first kappa shape index (κ1) is 17.8. The average Bonchev–Trinajstić information content (AvgIpc) is 2.76. The summed E-state index contributed by atoms with van der Waals surface area (Å²) in [5.41, 5.74) is 4.08. The van der Waals surface area contributed by atoms with Gasteiger partial charge < -0.3 is 9.47 Å². The Morgan fingerprint density at radius 1 is 0.679 bits per heavy atom. The van der Waals surface area contributed by atoms with E-state index in [4.69, 9.17) is 9.47 Å². The second kappa shape index (κ2) is 8.40. The number of aromatic nitrogens is 1. The molecule has 0 radical (unpaired) electrons. The van der Waals surface area contributed by atoms with Gasteiger partial charge in [0.25, 0.3) is 6.29 Å². The molecule has 0 spiro atoms. The standard InChI is InChI=1S/C25H21NO2/c1-19-18-26-24(17-23(19)20-11-5-2-6-12-20)25(27-21-13-7-3-8-14-21)28-22-15-9-4-10-16-22/h2-18,25H,1H3. The molecule has 0 saturated heterocycles. The van der Waals surface area contributed by atoms with Crippen LogP contribution >= 0.6 is 0 Å². The summed E-state index contributed by atoms with van der Waals surface area (Å²) in [6.45, 7) is 2.06. The SMILES string of the molecule is Cc1cnc(C(Oc2ccccc2)Oc2ccccc2)cc1-c1ccccc1. The molecule has 3 heteroatoms. The fourth-order valence-corrected chi connectivity index (χ4v) is 2.99. The van der Waals surface area contributed by atoms with E-state index in [1.165, 1.54) is 0 Å². The maximum atomic E-state index is 6.15. The molecule has 0 aliphatic carbocycles. The highest BCUT2D eigenvalue weighted by molar-refractivity contribution is 5.67. The summed E-state index contributed by atoms with van der Waals surface area (Å²) in [5.74, 6) is 1.46. The molecule has 0 aliphatic rings. The summed E-state index contributed by atoms with van der Waals surface area (Å²) in [4.78, 5) is 4.61. The van der Waals surface area contributed by atoms with Gasteiger partial charge in [-0.3, -0.25) is 4.98 Å². The number of hydrogen-bond donors (Lipinski definition) is 0.